The molecule has 0 radical (unpaired) electrons. The molecule has 0 bridgehead atoms. The van der Waals surface area contributed by atoms with Gasteiger partial charge in [-0.3, -0.25) is 9.59 Å². The number of ketones is 2. The van der Waals surface area contributed by atoms with E-state index in [1.807, 2.05) is 0 Å². The summed E-state index contributed by atoms with van der Waals surface area (Å²) in [6.07, 6.45) is 0.480. The smallest absolute Gasteiger partial charge is 0.392 e. The number of halogens is 3. The van der Waals surface area contributed by atoms with Crippen LogP contribution in [0.15, 0.2) is 12.2 Å². The number of carbonyl (C=O) groups excluding carboxylic acids is 2. The molecule has 1 saturated carbocycles. The van der Waals surface area contributed by atoms with Crippen molar-refractivity contribution in [1.82, 2.24) is 0 Å². The lowest BCUT2D eigenvalue weighted by Crippen LogP contribution is -2.45. The molecule has 0 saturated heterocycles. The van der Waals surface area contributed by atoms with Gasteiger partial charge in [0.05, 0.1) is 6.10 Å². The molecule has 1 fully saturated rings. The Balaban J connectivity index is 2.54. The molecule has 0 amide bonds. The van der Waals surface area contributed by atoms with E-state index >= 15 is 0 Å². The van der Waals surface area contributed by atoms with E-state index in [0.717, 1.165) is 6.42 Å². The molecule has 1 unspecified atom stereocenters. The van der Waals surface area contributed by atoms with E-state index in [4.69, 9.17) is 5.11 Å². The SMILES string of the molecule is CCCCC(O)(CCC[C@H]1[C@H](O)CC(=O)[C@@H]1CCCCC=CC(=O)CO)C(F)(F)F. The van der Waals surface area contributed by atoms with E-state index < -0.39 is 30.9 Å². The third-order valence-electron chi connectivity index (χ3n) is 6.03. The summed E-state index contributed by atoms with van der Waals surface area (Å²) < 4.78 is 39.9. The second-order valence-corrected chi connectivity index (χ2v) is 8.34. The second kappa shape index (κ2) is 12.6. The summed E-state index contributed by atoms with van der Waals surface area (Å²) >= 11 is 0. The molecule has 3 N–H and O–H groups in total. The van der Waals surface area contributed by atoms with Crippen molar-refractivity contribution < 1.29 is 38.1 Å². The minimum Gasteiger partial charge on any atom is -0.392 e. The van der Waals surface area contributed by atoms with Crippen LogP contribution in [0.25, 0.3) is 0 Å². The number of Topliss-reactive ketones (excluding diaryl/α,β-unsaturated/α-hetero) is 1. The van der Waals surface area contributed by atoms with Crippen molar-refractivity contribution in [2.24, 2.45) is 11.8 Å². The number of alkyl halides is 3. The average molecular weight is 437 g/mol. The lowest BCUT2D eigenvalue weighted by molar-refractivity contribution is -0.265. The van der Waals surface area contributed by atoms with Crippen LogP contribution in [0.3, 0.4) is 0 Å². The highest BCUT2D eigenvalue weighted by atomic mass is 19.4. The molecule has 1 rings (SSSR count). The van der Waals surface area contributed by atoms with Gasteiger partial charge >= 0.3 is 6.18 Å². The number of aliphatic hydroxyl groups excluding tert-OH is 2. The lowest BCUT2D eigenvalue weighted by atomic mass is 9.83. The van der Waals surface area contributed by atoms with E-state index in [9.17, 15) is 33.0 Å². The monoisotopic (exact) mass is 436 g/mol. The Morgan fingerprint density at radius 1 is 1.13 bits per heavy atom. The highest BCUT2D eigenvalue weighted by Gasteiger charge is 2.52. The molecule has 1 aliphatic rings. The van der Waals surface area contributed by atoms with Gasteiger partial charge in [0.15, 0.2) is 11.4 Å². The molecule has 0 spiro atoms. The van der Waals surface area contributed by atoms with Gasteiger partial charge in [0, 0.05) is 12.3 Å². The van der Waals surface area contributed by atoms with Crippen molar-refractivity contribution in [2.45, 2.75) is 95.4 Å². The molecule has 0 aromatic heterocycles. The highest BCUT2D eigenvalue weighted by molar-refractivity contribution is 5.90. The van der Waals surface area contributed by atoms with Crippen molar-refractivity contribution in [3.63, 3.8) is 0 Å². The van der Waals surface area contributed by atoms with E-state index in [1.165, 1.54) is 6.08 Å². The molecule has 0 heterocycles. The summed E-state index contributed by atoms with van der Waals surface area (Å²) in [6.45, 7) is 1.23. The minimum absolute atomic E-state index is 0.0274. The molecule has 5 nitrogen and oxygen atoms in total. The topological polar surface area (TPSA) is 94.8 Å². The van der Waals surface area contributed by atoms with Gasteiger partial charge in [0.25, 0.3) is 0 Å². The van der Waals surface area contributed by atoms with Crippen LogP contribution < -0.4 is 0 Å². The van der Waals surface area contributed by atoms with Crippen LogP contribution in [-0.4, -0.2) is 51.4 Å². The third kappa shape index (κ3) is 8.12. The van der Waals surface area contributed by atoms with E-state index in [1.54, 1.807) is 13.0 Å². The van der Waals surface area contributed by atoms with Crippen LogP contribution in [0.2, 0.25) is 0 Å². The van der Waals surface area contributed by atoms with Crippen LogP contribution in [0.5, 0.6) is 0 Å². The summed E-state index contributed by atoms with van der Waals surface area (Å²) in [5.74, 6) is -1.19. The predicted octanol–water partition coefficient (Wildman–Crippen LogP) is 3.88. The molecular weight excluding hydrogens is 401 g/mol. The summed E-state index contributed by atoms with van der Waals surface area (Å²) in [4.78, 5) is 23.2. The first kappa shape index (κ1) is 26.8. The van der Waals surface area contributed by atoms with Gasteiger partial charge in [0.1, 0.15) is 12.4 Å². The largest absolute Gasteiger partial charge is 0.417 e. The van der Waals surface area contributed by atoms with Crippen LogP contribution in [0.4, 0.5) is 13.2 Å². The minimum atomic E-state index is -4.70. The number of hydrogen-bond acceptors (Lipinski definition) is 5. The van der Waals surface area contributed by atoms with E-state index in [0.29, 0.717) is 25.7 Å². The van der Waals surface area contributed by atoms with Crippen molar-refractivity contribution >= 4 is 11.6 Å². The molecule has 0 aliphatic heterocycles. The zero-order valence-electron chi connectivity index (χ0n) is 17.7. The van der Waals surface area contributed by atoms with Crippen LogP contribution in [0, 0.1) is 11.8 Å². The third-order valence-corrected chi connectivity index (χ3v) is 6.03. The van der Waals surface area contributed by atoms with Gasteiger partial charge in [0.2, 0.25) is 0 Å². The normalized spacial score (nSPS) is 24.5. The fourth-order valence-corrected chi connectivity index (χ4v) is 4.19. The summed E-state index contributed by atoms with van der Waals surface area (Å²) in [5, 5.41) is 29.0. The van der Waals surface area contributed by atoms with Gasteiger partial charge in [-0.25, -0.2) is 0 Å². The van der Waals surface area contributed by atoms with Gasteiger partial charge < -0.3 is 15.3 Å². The van der Waals surface area contributed by atoms with Crippen molar-refractivity contribution in [2.75, 3.05) is 6.61 Å². The Hall–Kier alpha value is -1.25. The first-order valence-electron chi connectivity index (χ1n) is 10.9. The summed E-state index contributed by atoms with van der Waals surface area (Å²) in [6, 6.07) is 0. The van der Waals surface area contributed by atoms with Gasteiger partial charge in [-0.2, -0.15) is 13.2 Å². The van der Waals surface area contributed by atoms with E-state index in [2.05, 4.69) is 0 Å². The lowest BCUT2D eigenvalue weighted by Gasteiger charge is -2.31. The number of carbonyl (C=O) groups is 2. The standard InChI is InChI=1S/C22H35F3O5/c1-2-3-12-21(30,22(23,24)25)13-8-11-18-17(19(28)14-20(18)29)10-7-5-4-6-9-16(27)15-26/h6,9,17-18,20,26,29-30H,2-5,7-8,10-15H2,1H3/t17-,18-,20-,21?/m1/s1. The molecule has 1 aliphatic carbocycles. The highest BCUT2D eigenvalue weighted by Crippen LogP contribution is 2.41. The van der Waals surface area contributed by atoms with Crippen LogP contribution in [-0.2, 0) is 9.59 Å². The first-order valence-corrected chi connectivity index (χ1v) is 10.9. The van der Waals surface area contributed by atoms with Crippen LogP contribution in [0.1, 0.15) is 77.6 Å². The number of allylic oxidation sites excluding steroid dienone is 1. The summed E-state index contributed by atoms with van der Waals surface area (Å²) in [7, 11) is 0. The molecule has 8 heteroatoms. The van der Waals surface area contributed by atoms with Gasteiger partial charge in [-0.15, -0.1) is 0 Å². The fourth-order valence-electron chi connectivity index (χ4n) is 4.19. The molecular formula is C22H35F3O5. The number of rotatable bonds is 14. The zero-order valence-corrected chi connectivity index (χ0v) is 17.7. The number of aliphatic hydroxyl groups is 3. The van der Waals surface area contributed by atoms with Gasteiger partial charge in [-0.05, 0) is 56.9 Å². The second-order valence-electron chi connectivity index (χ2n) is 8.34. The van der Waals surface area contributed by atoms with Crippen LogP contribution >= 0.6 is 0 Å². The predicted molar refractivity (Wildman–Crippen MR) is 107 cm³/mol. The molecule has 174 valence electrons. The zero-order chi connectivity index (χ0) is 22.8. The van der Waals surface area contributed by atoms with E-state index in [-0.39, 0.29) is 55.5 Å². The number of unbranched alkanes of at least 4 members (excludes halogenated alkanes) is 3. The Labute approximate surface area is 176 Å². The Bertz CT molecular complexity index is 576. The Morgan fingerprint density at radius 3 is 2.40 bits per heavy atom. The van der Waals surface area contributed by atoms with Crippen molar-refractivity contribution in [1.29, 1.82) is 0 Å². The molecule has 30 heavy (non-hydrogen) atoms. The van der Waals surface area contributed by atoms with Crippen molar-refractivity contribution in [3.05, 3.63) is 12.2 Å². The van der Waals surface area contributed by atoms with Crippen molar-refractivity contribution in [3.8, 4) is 0 Å². The molecule has 0 aromatic rings. The molecule has 0 aromatic carbocycles. The quantitative estimate of drug-likeness (QED) is 0.284. The maximum absolute atomic E-state index is 13.3. The summed E-state index contributed by atoms with van der Waals surface area (Å²) in [5.41, 5.74) is -2.72. The maximum Gasteiger partial charge on any atom is 0.417 e. The van der Waals surface area contributed by atoms with Gasteiger partial charge in [-0.1, -0.05) is 32.3 Å². The first-order chi connectivity index (χ1) is 14.1. The number of hydrogen-bond donors (Lipinski definition) is 3. The average Bonchev–Trinajstić information content (AvgIpc) is 2.94. The maximum atomic E-state index is 13.3. The Morgan fingerprint density at radius 2 is 1.80 bits per heavy atom. The Kier molecular flexibility index (Phi) is 11.2. The fraction of sp³-hybridized carbons (Fsp3) is 0.818. The molecule has 4 atom stereocenters.